The van der Waals surface area contributed by atoms with E-state index in [0.717, 1.165) is 22.0 Å². The van der Waals surface area contributed by atoms with Gasteiger partial charge in [-0.05, 0) is 42.7 Å². The van der Waals surface area contributed by atoms with E-state index in [1.54, 1.807) is 19.2 Å². The smallest absolute Gasteiger partial charge is 0.315 e. The number of rotatable bonds is 5. The number of hydrogen-bond acceptors (Lipinski definition) is 4. The number of aryl methyl sites for hydroxylation is 2. The maximum absolute atomic E-state index is 12.7. The number of unbranched alkanes of at least 4 members (excludes halogenated alkanes) is 1. The van der Waals surface area contributed by atoms with Crippen LogP contribution in [-0.2, 0) is 13.5 Å². The van der Waals surface area contributed by atoms with E-state index in [0.29, 0.717) is 16.1 Å². The maximum atomic E-state index is 12.7. The SMILES string of the molecule is CCCCc1ccc2c(c1)sc(=NC(=O)c1cc3cccc(OC)c3o1)n2C. The van der Waals surface area contributed by atoms with Crippen LogP contribution < -0.4 is 9.54 Å². The highest BCUT2D eigenvalue weighted by molar-refractivity contribution is 7.16. The van der Waals surface area contributed by atoms with Gasteiger partial charge in [-0.1, -0.05) is 42.9 Å². The summed E-state index contributed by atoms with van der Waals surface area (Å²) < 4.78 is 14.1. The summed E-state index contributed by atoms with van der Waals surface area (Å²) in [6, 6.07) is 13.7. The van der Waals surface area contributed by atoms with E-state index in [1.165, 1.54) is 29.7 Å². The molecule has 0 fully saturated rings. The summed E-state index contributed by atoms with van der Waals surface area (Å²) in [5.41, 5.74) is 2.95. The first-order valence-electron chi connectivity index (χ1n) is 9.34. The van der Waals surface area contributed by atoms with E-state index >= 15 is 0 Å². The molecule has 2 aromatic carbocycles. The van der Waals surface area contributed by atoms with Crippen molar-refractivity contribution in [2.45, 2.75) is 26.2 Å². The van der Waals surface area contributed by atoms with E-state index in [2.05, 4.69) is 30.1 Å². The summed E-state index contributed by atoms with van der Waals surface area (Å²) in [6.07, 6.45) is 3.42. The van der Waals surface area contributed by atoms with Gasteiger partial charge in [0.2, 0.25) is 0 Å². The molecule has 6 heteroatoms. The molecule has 0 saturated heterocycles. The molecule has 1 amide bonds. The minimum Gasteiger partial charge on any atom is -0.493 e. The van der Waals surface area contributed by atoms with Crippen molar-refractivity contribution in [2.24, 2.45) is 12.0 Å². The van der Waals surface area contributed by atoms with Crippen molar-refractivity contribution in [3.05, 3.63) is 58.6 Å². The Kier molecular flexibility index (Phi) is 5.05. The van der Waals surface area contributed by atoms with Gasteiger partial charge in [0.15, 0.2) is 21.9 Å². The molecule has 0 radical (unpaired) electrons. The Labute approximate surface area is 166 Å². The number of aromatic nitrogens is 1. The van der Waals surface area contributed by atoms with Gasteiger partial charge in [0.05, 0.1) is 17.3 Å². The molecule has 0 N–H and O–H groups in total. The van der Waals surface area contributed by atoms with E-state index in [-0.39, 0.29) is 5.76 Å². The number of para-hydroxylation sites is 1. The topological polar surface area (TPSA) is 56.7 Å². The van der Waals surface area contributed by atoms with Crippen LogP contribution in [0.2, 0.25) is 0 Å². The second-order valence-electron chi connectivity index (χ2n) is 6.76. The molecule has 0 aliphatic heterocycles. The fraction of sp³-hybridized carbons (Fsp3) is 0.273. The minimum atomic E-state index is -0.397. The number of carbonyl (C=O) groups is 1. The summed E-state index contributed by atoms with van der Waals surface area (Å²) in [5, 5.41) is 0.819. The quantitative estimate of drug-likeness (QED) is 0.474. The van der Waals surface area contributed by atoms with Crippen molar-refractivity contribution < 1.29 is 13.9 Å². The lowest BCUT2D eigenvalue weighted by Crippen LogP contribution is -2.12. The highest BCUT2D eigenvalue weighted by atomic mass is 32.1. The Hall–Kier alpha value is -2.86. The largest absolute Gasteiger partial charge is 0.493 e. The monoisotopic (exact) mass is 394 g/mol. The summed E-state index contributed by atoms with van der Waals surface area (Å²) in [4.78, 5) is 17.7. The molecular weight excluding hydrogens is 372 g/mol. The second kappa shape index (κ2) is 7.64. The summed E-state index contributed by atoms with van der Waals surface area (Å²) in [7, 11) is 3.51. The normalized spacial score (nSPS) is 12.2. The van der Waals surface area contributed by atoms with Gasteiger partial charge in [0, 0.05) is 12.4 Å². The van der Waals surface area contributed by atoms with Crippen LogP contribution in [0.25, 0.3) is 21.2 Å². The minimum absolute atomic E-state index is 0.209. The van der Waals surface area contributed by atoms with Gasteiger partial charge in [-0.15, -0.1) is 0 Å². The van der Waals surface area contributed by atoms with Crippen molar-refractivity contribution in [3.63, 3.8) is 0 Å². The van der Waals surface area contributed by atoms with Gasteiger partial charge >= 0.3 is 5.91 Å². The van der Waals surface area contributed by atoms with E-state index in [4.69, 9.17) is 9.15 Å². The fourth-order valence-electron chi connectivity index (χ4n) is 3.27. The van der Waals surface area contributed by atoms with Crippen molar-refractivity contribution >= 4 is 38.4 Å². The average Bonchev–Trinajstić information content (AvgIpc) is 3.27. The molecular formula is C22H22N2O3S. The van der Waals surface area contributed by atoms with Crippen LogP contribution in [0, 0.1) is 0 Å². The molecule has 0 unspecified atom stereocenters. The molecule has 0 aliphatic carbocycles. The maximum Gasteiger partial charge on any atom is 0.315 e. The first kappa shape index (κ1) is 18.5. The first-order chi connectivity index (χ1) is 13.6. The van der Waals surface area contributed by atoms with Crippen LogP contribution in [0.1, 0.15) is 35.9 Å². The highest BCUT2D eigenvalue weighted by Gasteiger charge is 2.15. The van der Waals surface area contributed by atoms with Gasteiger partial charge < -0.3 is 13.7 Å². The van der Waals surface area contributed by atoms with Crippen LogP contribution in [0.4, 0.5) is 0 Å². The lowest BCUT2D eigenvalue weighted by Gasteiger charge is -2.00. The van der Waals surface area contributed by atoms with Gasteiger partial charge in [-0.25, -0.2) is 0 Å². The number of methoxy groups -OCH3 is 1. The number of hydrogen-bond donors (Lipinski definition) is 0. The van der Waals surface area contributed by atoms with Gasteiger partial charge in [-0.3, -0.25) is 4.79 Å². The van der Waals surface area contributed by atoms with Crippen LogP contribution in [0.3, 0.4) is 0 Å². The molecule has 4 aromatic rings. The zero-order valence-corrected chi connectivity index (χ0v) is 17.0. The average molecular weight is 394 g/mol. The van der Waals surface area contributed by atoms with Crippen molar-refractivity contribution in [1.82, 2.24) is 4.57 Å². The molecule has 4 rings (SSSR count). The zero-order chi connectivity index (χ0) is 19.7. The number of ether oxygens (including phenoxy) is 1. The molecule has 28 heavy (non-hydrogen) atoms. The third-order valence-corrected chi connectivity index (χ3v) is 5.92. The van der Waals surface area contributed by atoms with Gasteiger partial charge in [0.1, 0.15) is 0 Å². The van der Waals surface area contributed by atoms with E-state index in [1.807, 2.05) is 23.7 Å². The molecule has 0 atom stereocenters. The number of carbonyl (C=O) groups excluding carboxylic acids is 1. The molecule has 2 heterocycles. The van der Waals surface area contributed by atoms with Crippen LogP contribution in [0.5, 0.6) is 5.75 Å². The summed E-state index contributed by atoms with van der Waals surface area (Å²) in [5.74, 6) is 0.413. The van der Waals surface area contributed by atoms with Crippen LogP contribution in [-0.4, -0.2) is 17.6 Å². The summed E-state index contributed by atoms with van der Waals surface area (Å²) >= 11 is 1.52. The molecule has 5 nitrogen and oxygen atoms in total. The Morgan fingerprint density at radius 3 is 2.89 bits per heavy atom. The van der Waals surface area contributed by atoms with E-state index in [9.17, 15) is 4.79 Å². The number of furan rings is 1. The lowest BCUT2D eigenvalue weighted by atomic mass is 10.1. The van der Waals surface area contributed by atoms with E-state index < -0.39 is 5.91 Å². The Bertz CT molecular complexity index is 1230. The van der Waals surface area contributed by atoms with Crippen molar-refractivity contribution in [2.75, 3.05) is 7.11 Å². The Morgan fingerprint density at radius 1 is 1.25 bits per heavy atom. The third kappa shape index (κ3) is 3.36. The predicted octanol–water partition coefficient (Wildman–Crippen LogP) is 5.08. The zero-order valence-electron chi connectivity index (χ0n) is 16.2. The number of fused-ring (bicyclic) bond motifs is 2. The van der Waals surface area contributed by atoms with Crippen molar-refractivity contribution in [1.29, 1.82) is 0 Å². The van der Waals surface area contributed by atoms with Crippen LogP contribution >= 0.6 is 11.3 Å². The van der Waals surface area contributed by atoms with Gasteiger partial charge in [0.25, 0.3) is 0 Å². The predicted molar refractivity (Wildman–Crippen MR) is 112 cm³/mol. The molecule has 144 valence electrons. The highest BCUT2D eigenvalue weighted by Crippen LogP contribution is 2.28. The molecule has 2 aromatic heterocycles. The molecule has 0 bridgehead atoms. The van der Waals surface area contributed by atoms with Crippen molar-refractivity contribution in [3.8, 4) is 5.75 Å². The third-order valence-electron chi connectivity index (χ3n) is 4.83. The number of benzene rings is 2. The summed E-state index contributed by atoms with van der Waals surface area (Å²) in [6.45, 7) is 2.19. The fourth-order valence-corrected chi connectivity index (χ4v) is 4.35. The standard InChI is InChI=1S/C22H22N2O3S/c1-4-5-7-14-10-11-16-19(12-14)28-22(24(16)2)23-21(25)18-13-15-8-6-9-17(26-3)20(15)27-18/h6,8-13H,4-5,7H2,1-3H3. The Morgan fingerprint density at radius 2 is 2.11 bits per heavy atom. The number of amides is 1. The first-order valence-corrected chi connectivity index (χ1v) is 10.2. The van der Waals surface area contributed by atoms with Gasteiger partial charge in [-0.2, -0.15) is 4.99 Å². The second-order valence-corrected chi connectivity index (χ2v) is 7.76. The number of nitrogens with zero attached hydrogens (tertiary/aromatic N) is 2. The molecule has 0 aliphatic rings. The molecule has 0 saturated carbocycles. The Balaban J connectivity index is 1.72. The van der Waals surface area contributed by atoms with Crippen LogP contribution in [0.15, 0.2) is 51.9 Å². The molecule has 0 spiro atoms. The number of thiazole rings is 1. The lowest BCUT2D eigenvalue weighted by molar-refractivity contribution is 0.0973.